The quantitative estimate of drug-likeness (QED) is 0.321. The standard InChI is InChI=1S/C21H32N8OS.HI/c1-3-18-25-21(31-26-18)29-10-8-28(9-11-29)20(22-4-2)24-16-17-6-5-7-23-19(17)27-12-14-30-15-13-27;/h5-7H,3-4,8-16H2,1-2H3,(H,22,24);1H. The molecule has 1 N–H and O–H groups in total. The molecule has 0 bridgehead atoms. The Hall–Kier alpha value is -1.73. The van der Waals surface area contributed by atoms with E-state index in [1.54, 1.807) is 0 Å². The number of rotatable bonds is 6. The summed E-state index contributed by atoms with van der Waals surface area (Å²) in [5.41, 5.74) is 1.15. The van der Waals surface area contributed by atoms with Gasteiger partial charge >= 0.3 is 0 Å². The van der Waals surface area contributed by atoms with Crippen LogP contribution in [0.15, 0.2) is 23.3 Å². The summed E-state index contributed by atoms with van der Waals surface area (Å²) in [6.07, 6.45) is 2.74. The van der Waals surface area contributed by atoms with Gasteiger partial charge in [0.05, 0.1) is 19.8 Å². The van der Waals surface area contributed by atoms with E-state index in [2.05, 4.69) is 54.3 Å². The number of nitrogens with one attached hydrogen (secondary N) is 1. The third kappa shape index (κ3) is 6.19. The second-order valence-electron chi connectivity index (χ2n) is 7.58. The molecule has 2 aromatic rings. The highest BCUT2D eigenvalue weighted by molar-refractivity contribution is 14.0. The Morgan fingerprint density at radius 2 is 1.91 bits per heavy atom. The van der Waals surface area contributed by atoms with Gasteiger partial charge in [0.15, 0.2) is 5.96 Å². The lowest BCUT2D eigenvalue weighted by atomic mass is 10.2. The van der Waals surface area contributed by atoms with Crippen LogP contribution in [0.25, 0.3) is 0 Å². The predicted molar refractivity (Wildman–Crippen MR) is 141 cm³/mol. The van der Waals surface area contributed by atoms with Crippen molar-refractivity contribution in [3.05, 3.63) is 29.7 Å². The number of aliphatic imine (C=N–C) groups is 1. The first-order valence-electron chi connectivity index (χ1n) is 11.2. The first-order valence-corrected chi connectivity index (χ1v) is 11.9. The number of anilines is 2. The van der Waals surface area contributed by atoms with Crippen molar-refractivity contribution in [2.75, 3.05) is 68.8 Å². The molecule has 176 valence electrons. The number of pyridine rings is 1. The molecule has 0 atom stereocenters. The molecule has 2 aromatic heterocycles. The molecule has 2 fully saturated rings. The minimum Gasteiger partial charge on any atom is -0.378 e. The summed E-state index contributed by atoms with van der Waals surface area (Å²) in [5.74, 6) is 2.92. The highest BCUT2D eigenvalue weighted by Crippen LogP contribution is 2.21. The third-order valence-corrected chi connectivity index (χ3v) is 6.35. The van der Waals surface area contributed by atoms with Gasteiger partial charge in [0.2, 0.25) is 5.13 Å². The maximum Gasteiger partial charge on any atom is 0.205 e. The summed E-state index contributed by atoms with van der Waals surface area (Å²) in [5, 5.41) is 4.50. The Bertz CT molecular complexity index is 865. The molecule has 0 unspecified atom stereocenters. The lowest BCUT2D eigenvalue weighted by molar-refractivity contribution is 0.122. The lowest BCUT2D eigenvalue weighted by Crippen LogP contribution is -2.52. The average molecular weight is 573 g/mol. The number of morpholine rings is 1. The van der Waals surface area contributed by atoms with E-state index < -0.39 is 0 Å². The van der Waals surface area contributed by atoms with Crippen LogP contribution in [-0.4, -0.2) is 84.2 Å². The van der Waals surface area contributed by atoms with Gasteiger partial charge in [-0.2, -0.15) is 4.37 Å². The van der Waals surface area contributed by atoms with Gasteiger partial charge in [0, 0.05) is 75.5 Å². The summed E-state index contributed by atoms with van der Waals surface area (Å²) >= 11 is 1.50. The van der Waals surface area contributed by atoms with Crippen LogP contribution < -0.4 is 15.1 Å². The molecule has 2 aliphatic rings. The molecular weight excluding hydrogens is 539 g/mol. The van der Waals surface area contributed by atoms with Gasteiger partial charge in [-0.05, 0) is 13.0 Å². The van der Waals surface area contributed by atoms with Crippen molar-refractivity contribution in [1.29, 1.82) is 0 Å². The molecule has 2 aliphatic heterocycles. The minimum atomic E-state index is 0. The largest absolute Gasteiger partial charge is 0.378 e. The number of halogens is 1. The van der Waals surface area contributed by atoms with Gasteiger partial charge in [0.25, 0.3) is 0 Å². The van der Waals surface area contributed by atoms with E-state index in [0.29, 0.717) is 6.54 Å². The maximum atomic E-state index is 5.49. The maximum absolute atomic E-state index is 5.49. The average Bonchev–Trinajstić information content (AvgIpc) is 3.32. The molecule has 0 spiro atoms. The monoisotopic (exact) mass is 572 g/mol. The highest BCUT2D eigenvalue weighted by Gasteiger charge is 2.22. The minimum absolute atomic E-state index is 0. The third-order valence-electron chi connectivity index (χ3n) is 5.54. The summed E-state index contributed by atoms with van der Waals surface area (Å²) in [7, 11) is 0. The molecular formula is C21H33IN8OS. The number of guanidine groups is 1. The number of aromatic nitrogens is 3. The second-order valence-corrected chi connectivity index (χ2v) is 8.31. The Morgan fingerprint density at radius 1 is 1.12 bits per heavy atom. The van der Waals surface area contributed by atoms with Crippen LogP contribution in [0.5, 0.6) is 0 Å². The van der Waals surface area contributed by atoms with Crippen LogP contribution >= 0.6 is 35.5 Å². The fourth-order valence-electron chi connectivity index (χ4n) is 3.83. The Kier molecular flexibility index (Phi) is 9.72. The molecule has 4 rings (SSSR count). The topological polar surface area (TPSA) is 82.0 Å². The van der Waals surface area contributed by atoms with E-state index in [-0.39, 0.29) is 24.0 Å². The zero-order valence-electron chi connectivity index (χ0n) is 18.9. The number of ether oxygens (including phenoxy) is 1. The van der Waals surface area contributed by atoms with Crippen molar-refractivity contribution in [2.24, 2.45) is 4.99 Å². The summed E-state index contributed by atoms with van der Waals surface area (Å²) in [6, 6.07) is 4.12. The number of aryl methyl sites for hydroxylation is 1. The van der Waals surface area contributed by atoms with E-state index in [1.165, 1.54) is 11.5 Å². The molecule has 0 aromatic carbocycles. The summed E-state index contributed by atoms with van der Waals surface area (Å²) in [6.45, 7) is 12.6. The van der Waals surface area contributed by atoms with Crippen molar-refractivity contribution in [3.8, 4) is 0 Å². The van der Waals surface area contributed by atoms with Gasteiger partial charge in [-0.15, -0.1) is 24.0 Å². The molecule has 0 saturated carbocycles. The highest BCUT2D eigenvalue weighted by atomic mass is 127. The Morgan fingerprint density at radius 3 is 2.59 bits per heavy atom. The van der Waals surface area contributed by atoms with E-state index in [4.69, 9.17) is 9.73 Å². The molecule has 9 nitrogen and oxygen atoms in total. The Balaban J connectivity index is 0.00000289. The zero-order valence-corrected chi connectivity index (χ0v) is 22.0. The molecule has 4 heterocycles. The van der Waals surface area contributed by atoms with Crippen molar-refractivity contribution >= 4 is 52.4 Å². The van der Waals surface area contributed by atoms with E-state index >= 15 is 0 Å². The number of piperazine rings is 1. The van der Waals surface area contributed by atoms with Crippen LogP contribution in [-0.2, 0) is 17.7 Å². The normalized spacial score (nSPS) is 17.3. The molecule has 0 radical (unpaired) electrons. The first kappa shape index (κ1) is 24.9. The van der Waals surface area contributed by atoms with Gasteiger partial charge in [0.1, 0.15) is 11.6 Å². The van der Waals surface area contributed by atoms with Crippen LogP contribution in [0.4, 0.5) is 10.9 Å². The fourth-order valence-corrected chi connectivity index (χ4v) is 4.63. The van der Waals surface area contributed by atoms with E-state index in [0.717, 1.165) is 93.7 Å². The van der Waals surface area contributed by atoms with Crippen molar-refractivity contribution < 1.29 is 4.74 Å². The van der Waals surface area contributed by atoms with E-state index in [1.807, 2.05) is 12.3 Å². The number of nitrogens with zero attached hydrogens (tertiary/aromatic N) is 7. The SMILES string of the molecule is CCNC(=NCc1cccnc1N1CCOCC1)N1CCN(c2nc(CC)ns2)CC1.I. The second kappa shape index (κ2) is 12.5. The molecule has 0 aliphatic carbocycles. The molecule has 0 amide bonds. The van der Waals surface area contributed by atoms with Crippen LogP contribution in [0.3, 0.4) is 0 Å². The van der Waals surface area contributed by atoms with Gasteiger partial charge < -0.3 is 24.8 Å². The fraction of sp³-hybridized carbons (Fsp3) is 0.619. The van der Waals surface area contributed by atoms with Crippen molar-refractivity contribution in [1.82, 2.24) is 24.6 Å². The predicted octanol–water partition coefficient (Wildman–Crippen LogP) is 2.24. The smallest absolute Gasteiger partial charge is 0.205 e. The van der Waals surface area contributed by atoms with Crippen LogP contribution in [0, 0.1) is 0 Å². The van der Waals surface area contributed by atoms with Gasteiger partial charge in [-0.1, -0.05) is 13.0 Å². The number of hydrogen-bond acceptors (Lipinski definition) is 8. The zero-order chi connectivity index (χ0) is 21.5. The van der Waals surface area contributed by atoms with Crippen LogP contribution in [0.2, 0.25) is 0 Å². The first-order chi connectivity index (χ1) is 15.3. The summed E-state index contributed by atoms with van der Waals surface area (Å²) in [4.78, 5) is 21.2. The molecule has 11 heteroatoms. The van der Waals surface area contributed by atoms with Gasteiger partial charge in [-0.3, -0.25) is 0 Å². The van der Waals surface area contributed by atoms with Crippen molar-refractivity contribution in [2.45, 2.75) is 26.8 Å². The van der Waals surface area contributed by atoms with Crippen molar-refractivity contribution in [3.63, 3.8) is 0 Å². The number of hydrogen-bond donors (Lipinski definition) is 1. The van der Waals surface area contributed by atoms with Gasteiger partial charge in [-0.25, -0.2) is 15.0 Å². The molecule has 32 heavy (non-hydrogen) atoms. The summed E-state index contributed by atoms with van der Waals surface area (Å²) < 4.78 is 9.92. The van der Waals surface area contributed by atoms with E-state index in [9.17, 15) is 0 Å². The molecule has 2 saturated heterocycles. The lowest BCUT2D eigenvalue weighted by Gasteiger charge is -2.36. The Labute approximate surface area is 211 Å². The van der Waals surface area contributed by atoms with Crippen LogP contribution in [0.1, 0.15) is 25.2 Å².